The minimum absolute atomic E-state index is 0.0943. The van der Waals surface area contributed by atoms with Gasteiger partial charge < -0.3 is 19.5 Å². The molecule has 0 bridgehead atoms. The van der Waals surface area contributed by atoms with E-state index in [2.05, 4.69) is 10.0 Å². The van der Waals surface area contributed by atoms with Crippen LogP contribution in [-0.4, -0.2) is 41.9 Å². The van der Waals surface area contributed by atoms with E-state index in [1.165, 1.54) is 40.4 Å². The number of fused-ring (bicyclic) bond motifs is 3. The molecule has 1 aliphatic rings. The molecule has 1 atom stereocenters. The third kappa shape index (κ3) is 4.64. The number of sulfonamides is 1. The first-order valence-corrected chi connectivity index (χ1v) is 11.7. The van der Waals surface area contributed by atoms with Gasteiger partial charge in [-0.15, -0.1) is 0 Å². The normalized spacial score (nSPS) is 15.0. The lowest BCUT2D eigenvalue weighted by molar-refractivity contribution is -0.119. The minimum Gasteiger partial charge on any atom is -0.493 e. The monoisotopic (exact) mass is 462 g/mol. The summed E-state index contributed by atoms with van der Waals surface area (Å²) < 4.78 is 42.4. The molecular weight excluding hydrogens is 436 g/mol. The number of anilines is 1. The summed E-state index contributed by atoms with van der Waals surface area (Å²) in [6.07, 6.45) is 2.05. The van der Waals surface area contributed by atoms with Gasteiger partial charge in [-0.3, -0.25) is 14.3 Å². The molecule has 2 aromatic rings. The van der Waals surface area contributed by atoms with Crippen LogP contribution in [0.1, 0.15) is 30.5 Å². The Kier molecular flexibility index (Phi) is 6.63. The van der Waals surface area contributed by atoms with Crippen molar-refractivity contribution in [1.29, 1.82) is 0 Å². The molecule has 0 heterocycles. The van der Waals surface area contributed by atoms with Crippen molar-refractivity contribution in [1.82, 2.24) is 5.32 Å². The molecule has 0 aromatic heterocycles. The van der Waals surface area contributed by atoms with E-state index in [0.29, 0.717) is 46.8 Å². The summed E-state index contributed by atoms with van der Waals surface area (Å²) in [7, 11) is 0.867. The number of ether oxygens (including phenoxy) is 3. The zero-order chi connectivity index (χ0) is 23.6. The summed E-state index contributed by atoms with van der Waals surface area (Å²) in [6, 6.07) is 5.80. The molecule has 32 heavy (non-hydrogen) atoms. The van der Waals surface area contributed by atoms with Gasteiger partial charge in [0.2, 0.25) is 27.1 Å². The molecule has 3 rings (SSSR count). The number of methoxy groups -OCH3 is 3. The van der Waals surface area contributed by atoms with Crippen LogP contribution in [0.2, 0.25) is 0 Å². The van der Waals surface area contributed by atoms with Gasteiger partial charge in [0.1, 0.15) is 0 Å². The fourth-order valence-electron chi connectivity index (χ4n) is 3.99. The summed E-state index contributed by atoms with van der Waals surface area (Å²) in [4.78, 5) is 24.8. The van der Waals surface area contributed by atoms with E-state index < -0.39 is 21.5 Å². The topological polar surface area (TPSA) is 120 Å². The van der Waals surface area contributed by atoms with E-state index in [1.807, 2.05) is 6.07 Å². The van der Waals surface area contributed by atoms with Crippen LogP contribution in [0, 0.1) is 0 Å². The number of nitrogens with one attached hydrogen (secondary N) is 2. The Morgan fingerprint density at radius 2 is 1.75 bits per heavy atom. The second kappa shape index (κ2) is 9.07. The van der Waals surface area contributed by atoms with E-state index >= 15 is 0 Å². The van der Waals surface area contributed by atoms with E-state index in [0.717, 1.165) is 11.8 Å². The average Bonchev–Trinajstić information content (AvgIpc) is 2.95. The predicted octanol–water partition coefficient (Wildman–Crippen LogP) is 2.23. The molecule has 1 aliphatic carbocycles. The molecule has 1 unspecified atom stereocenters. The lowest BCUT2D eigenvalue weighted by Crippen LogP contribution is -2.26. The molecule has 0 aliphatic heterocycles. The highest BCUT2D eigenvalue weighted by Crippen LogP contribution is 2.50. The zero-order valence-electron chi connectivity index (χ0n) is 18.6. The van der Waals surface area contributed by atoms with Gasteiger partial charge in [-0.2, -0.15) is 0 Å². The number of amides is 1. The number of rotatable bonds is 6. The van der Waals surface area contributed by atoms with Gasteiger partial charge in [0.25, 0.3) is 0 Å². The summed E-state index contributed by atoms with van der Waals surface area (Å²) >= 11 is 0. The summed E-state index contributed by atoms with van der Waals surface area (Å²) in [6.45, 7) is 1.40. The Balaban J connectivity index is 2.41. The number of hydrogen-bond acceptors (Lipinski definition) is 7. The van der Waals surface area contributed by atoms with Crippen molar-refractivity contribution in [3.8, 4) is 28.4 Å². The molecule has 0 saturated heterocycles. The molecule has 1 amide bonds. The molecule has 9 nitrogen and oxygen atoms in total. The Morgan fingerprint density at radius 3 is 2.31 bits per heavy atom. The maximum atomic E-state index is 12.9. The molecule has 2 N–H and O–H groups in total. The van der Waals surface area contributed by atoms with Gasteiger partial charge in [0, 0.05) is 12.5 Å². The smallest absolute Gasteiger partial charge is 0.229 e. The molecule has 0 radical (unpaired) electrons. The van der Waals surface area contributed by atoms with Crippen LogP contribution in [0.3, 0.4) is 0 Å². The van der Waals surface area contributed by atoms with Crippen molar-refractivity contribution in [3.63, 3.8) is 0 Å². The fourth-order valence-corrected chi connectivity index (χ4v) is 4.56. The van der Waals surface area contributed by atoms with Crippen molar-refractivity contribution < 1.29 is 27.4 Å². The van der Waals surface area contributed by atoms with Crippen molar-refractivity contribution >= 4 is 21.6 Å². The quantitative estimate of drug-likeness (QED) is 0.675. The third-order valence-electron chi connectivity index (χ3n) is 5.21. The number of carbonyl (C=O) groups excluding carboxylic acids is 1. The van der Waals surface area contributed by atoms with Crippen LogP contribution < -0.4 is 29.7 Å². The molecular formula is C22H26N2O7S. The van der Waals surface area contributed by atoms with E-state index in [9.17, 15) is 18.0 Å². The predicted molar refractivity (Wildman–Crippen MR) is 121 cm³/mol. The van der Waals surface area contributed by atoms with Crippen molar-refractivity contribution in [3.05, 3.63) is 45.6 Å². The van der Waals surface area contributed by atoms with Gasteiger partial charge in [-0.25, -0.2) is 8.42 Å². The summed E-state index contributed by atoms with van der Waals surface area (Å²) in [5.41, 5.74) is 2.13. The number of carbonyl (C=O) groups is 1. The highest BCUT2D eigenvalue weighted by Gasteiger charge is 2.29. The van der Waals surface area contributed by atoms with Crippen molar-refractivity contribution in [2.75, 3.05) is 32.3 Å². The SMILES string of the molecule is COc1cc2c(c(OC)c1OC)-c1ccc(NS(C)(=O)=O)c(=O)cc1C(NC(C)=O)CC2. The first-order chi connectivity index (χ1) is 15.1. The highest BCUT2D eigenvalue weighted by atomic mass is 32.2. The molecule has 0 saturated carbocycles. The molecule has 0 fully saturated rings. The number of aryl methyl sites for hydroxylation is 1. The van der Waals surface area contributed by atoms with Crippen LogP contribution >= 0.6 is 0 Å². The molecule has 2 aromatic carbocycles. The Hall–Kier alpha value is -3.27. The largest absolute Gasteiger partial charge is 0.493 e. The van der Waals surface area contributed by atoms with Crippen LogP contribution in [0.25, 0.3) is 11.1 Å². The Morgan fingerprint density at radius 1 is 1.06 bits per heavy atom. The molecule has 172 valence electrons. The van der Waals surface area contributed by atoms with E-state index in [4.69, 9.17) is 14.2 Å². The van der Waals surface area contributed by atoms with Crippen LogP contribution in [-0.2, 0) is 21.2 Å². The number of benzene rings is 1. The molecule has 0 spiro atoms. The zero-order valence-corrected chi connectivity index (χ0v) is 19.4. The van der Waals surface area contributed by atoms with Gasteiger partial charge >= 0.3 is 0 Å². The van der Waals surface area contributed by atoms with Gasteiger partial charge in [-0.05, 0) is 47.7 Å². The van der Waals surface area contributed by atoms with Crippen LogP contribution in [0.4, 0.5) is 5.69 Å². The first kappa shape index (κ1) is 23.4. The van der Waals surface area contributed by atoms with E-state index in [-0.39, 0.29) is 11.6 Å². The minimum atomic E-state index is -3.67. The van der Waals surface area contributed by atoms with Crippen LogP contribution in [0.15, 0.2) is 29.1 Å². The Bertz CT molecular complexity index is 1230. The summed E-state index contributed by atoms with van der Waals surface area (Å²) in [5.74, 6) is 1.05. The Labute approximate surface area is 186 Å². The summed E-state index contributed by atoms with van der Waals surface area (Å²) in [5, 5.41) is 2.90. The van der Waals surface area contributed by atoms with Gasteiger partial charge in [-0.1, -0.05) is 6.07 Å². The maximum Gasteiger partial charge on any atom is 0.229 e. The second-order valence-corrected chi connectivity index (χ2v) is 9.22. The average molecular weight is 463 g/mol. The first-order valence-electron chi connectivity index (χ1n) is 9.85. The fraction of sp³-hybridized carbons (Fsp3) is 0.364. The second-order valence-electron chi connectivity index (χ2n) is 7.47. The lowest BCUT2D eigenvalue weighted by atomic mass is 9.95. The third-order valence-corrected chi connectivity index (χ3v) is 5.80. The lowest BCUT2D eigenvalue weighted by Gasteiger charge is -2.19. The maximum absolute atomic E-state index is 12.9. The van der Waals surface area contributed by atoms with Crippen LogP contribution in [0.5, 0.6) is 17.2 Å². The van der Waals surface area contributed by atoms with Crippen molar-refractivity contribution in [2.24, 2.45) is 0 Å². The highest BCUT2D eigenvalue weighted by molar-refractivity contribution is 7.92. The standard InChI is InChI=1S/C22H26N2O7S/c1-12(25)23-16-8-6-13-10-19(29-2)21(30-3)22(31-4)20(13)14-7-9-17(24-32(5,27)28)18(26)11-15(14)16/h7,9-11,16H,6,8H2,1-5H3,(H,23,25)(H,24,26). The van der Waals surface area contributed by atoms with E-state index in [1.54, 1.807) is 6.07 Å². The molecule has 10 heteroatoms. The van der Waals surface area contributed by atoms with Crippen molar-refractivity contribution in [2.45, 2.75) is 25.8 Å². The van der Waals surface area contributed by atoms with Gasteiger partial charge in [0.05, 0.1) is 39.3 Å². The van der Waals surface area contributed by atoms with Gasteiger partial charge in [0.15, 0.2) is 11.5 Å². The number of hydrogen-bond donors (Lipinski definition) is 2.